The minimum absolute atomic E-state index is 0.00178. The third kappa shape index (κ3) is 1.16. The second-order valence-electron chi connectivity index (χ2n) is 2.89. The molecule has 0 unspecified atom stereocenters. The van der Waals surface area contributed by atoms with E-state index in [0.29, 0.717) is 13.2 Å². The molecule has 2 saturated heterocycles. The number of fused-ring (bicyclic) bond motifs is 2. The van der Waals surface area contributed by atoms with Gasteiger partial charge in [0, 0.05) is 6.54 Å². The van der Waals surface area contributed by atoms with Crippen molar-refractivity contribution < 1.29 is 17.7 Å². The molecule has 64 valence electrons. The largest absolute Gasteiger partial charge is 0.375 e. The van der Waals surface area contributed by atoms with Crippen molar-refractivity contribution in [2.45, 2.75) is 18.6 Å². The fourth-order valence-corrected chi connectivity index (χ4v) is 2.53. The van der Waals surface area contributed by atoms with Gasteiger partial charge in [-0.15, -0.1) is 0 Å². The van der Waals surface area contributed by atoms with Crippen LogP contribution in [0.1, 0.15) is 6.42 Å². The fourth-order valence-electron chi connectivity index (χ4n) is 1.65. The first-order valence-electron chi connectivity index (χ1n) is 3.43. The highest BCUT2D eigenvalue weighted by Gasteiger charge is 2.44. The van der Waals surface area contributed by atoms with Gasteiger partial charge in [-0.1, -0.05) is 0 Å². The molecule has 2 bridgehead atoms. The van der Waals surface area contributed by atoms with Crippen molar-refractivity contribution in [3.63, 3.8) is 0 Å². The van der Waals surface area contributed by atoms with Crippen molar-refractivity contribution in [2.24, 2.45) is 0 Å². The van der Waals surface area contributed by atoms with E-state index in [9.17, 15) is 8.42 Å². The van der Waals surface area contributed by atoms with Gasteiger partial charge in [-0.05, 0) is 6.42 Å². The minimum Gasteiger partial charge on any atom is -0.375 e. The SMILES string of the molecule is O=S(=O)(O)N1C[C@@H]2C[C@H]1CO2. The zero-order valence-electron chi connectivity index (χ0n) is 5.80. The first-order valence-corrected chi connectivity index (χ1v) is 4.83. The topological polar surface area (TPSA) is 66.8 Å². The predicted octanol–water partition coefficient (Wildman–Crippen LogP) is -0.738. The van der Waals surface area contributed by atoms with Crippen LogP contribution in [-0.4, -0.2) is 42.6 Å². The van der Waals surface area contributed by atoms with E-state index in [-0.39, 0.29) is 12.1 Å². The first-order chi connectivity index (χ1) is 5.07. The molecule has 0 aromatic rings. The van der Waals surface area contributed by atoms with Gasteiger partial charge in [0.2, 0.25) is 0 Å². The van der Waals surface area contributed by atoms with Crippen LogP contribution in [0.15, 0.2) is 0 Å². The Balaban J connectivity index is 2.21. The number of ether oxygens (including phenoxy) is 1. The monoisotopic (exact) mass is 179 g/mol. The highest BCUT2D eigenvalue weighted by Crippen LogP contribution is 2.29. The molecule has 2 rings (SSSR count). The summed E-state index contributed by atoms with van der Waals surface area (Å²) in [6, 6.07) is -0.130. The van der Waals surface area contributed by atoms with Crippen molar-refractivity contribution >= 4 is 10.3 Å². The third-order valence-electron chi connectivity index (χ3n) is 2.15. The normalized spacial score (nSPS) is 38.3. The van der Waals surface area contributed by atoms with Gasteiger partial charge in [-0.3, -0.25) is 4.55 Å². The van der Waals surface area contributed by atoms with Crippen LogP contribution >= 0.6 is 0 Å². The standard InChI is InChI=1S/C5H9NO4S/c7-11(8,9)6-2-5-1-4(6)3-10-5/h4-5H,1-3H2,(H,7,8,9)/t4-,5-/m0/s1. The van der Waals surface area contributed by atoms with Crippen molar-refractivity contribution in [1.29, 1.82) is 0 Å². The molecule has 11 heavy (non-hydrogen) atoms. The summed E-state index contributed by atoms with van der Waals surface area (Å²) in [6.07, 6.45) is 0.724. The second kappa shape index (κ2) is 2.16. The van der Waals surface area contributed by atoms with Gasteiger partial charge in [0.1, 0.15) is 0 Å². The zero-order valence-corrected chi connectivity index (χ0v) is 6.62. The smallest absolute Gasteiger partial charge is 0.336 e. The summed E-state index contributed by atoms with van der Waals surface area (Å²) >= 11 is 0. The molecule has 2 aliphatic rings. The molecular formula is C5H9NO4S. The molecule has 2 fully saturated rings. The van der Waals surface area contributed by atoms with Crippen LogP contribution in [-0.2, 0) is 15.0 Å². The van der Waals surface area contributed by atoms with Crippen molar-refractivity contribution in [3.05, 3.63) is 0 Å². The molecule has 0 saturated carbocycles. The minimum atomic E-state index is -3.98. The third-order valence-corrected chi connectivity index (χ3v) is 3.19. The maximum atomic E-state index is 10.6. The number of rotatable bonds is 1. The Kier molecular flexibility index (Phi) is 1.47. The fraction of sp³-hybridized carbons (Fsp3) is 1.00. The lowest BCUT2D eigenvalue weighted by atomic mass is 10.3. The number of hydrogen-bond acceptors (Lipinski definition) is 3. The van der Waals surface area contributed by atoms with Crippen LogP contribution < -0.4 is 0 Å². The summed E-state index contributed by atoms with van der Waals surface area (Å²) in [5.41, 5.74) is 0. The first kappa shape index (κ1) is 7.48. The predicted molar refractivity (Wildman–Crippen MR) is 36.4 cm³/mol. The zero-order chi connectivity index (χ0) is 8.06. The summed E-state index contributed by atoms with van der Waals surface area (Å²) in [5.74, 6) is 0. The quantitative estimate of drug-likeness (QED) is 0.538. The molecular weight excluding hydrogens is 170 g/mol. The molecule has 0 amide bonds. The van der Waals surface area contributed by atoms with Crippen LogP contribution in [0.25, 0.3) is 0 Å². The molecule has 0 spiro atoms. The number of nitrogens with zero attached hydrogens (tertiary/aromatic N) is 1. The highest BCUT2D eigenvalue weighted by atomic mass is 32.2. The average Bonchev–Trinajstić information content (AvgIpc) is 2.42. The van der Waals surface area contributed by atoms with Crippen LogP contribution in [0.5, 0.6) is 0 Å². The lowest BCUT2D eigenvalue weighted by molar-refractivity contribution is 0.0579. The van der Waals surface area contributed by atoms with Gasteiger partial charge in [0.05, 0.1) is 18.8 Å². The Morgan fingerprint density at radius 3 is 2.55 bits per heavy atom. The van der Waals surface area contributed by atoms with E-state index in [1.807, 2.05) is 0 Å². The lowest BCUT2D eigenvalue weighted by Crippen LogP contribution is -2.40. The number of morpholine rings is 1. The van der Waals surface area contributed by atoms with Crippen molar-refractivity contribution in [1.82, 2.24) is 4.31 Å². The van der Waals surface area contributed by atoms with Crippen molar-refractivity contribution in [3.8, 4) is 0 Å². The van der Waals surface area contributed by atoms with Gasteiger partial charge >= 0.3 is 10.3 Å². The van der Waals surface area contributed by atoms with E-state index in [1.54, 1.807) is 0 Å². The van der Waals surface area contributed by atoms with E-state index in [4.69, 9.17) is 9.29 Å². The highest BCUT2D eigenvalue weighted by molar-refractivity contribution is 7.83. The van der Waals surface area contributed by atoms with Gasteiger partial charge in [0.25, 0.3) is 0 Å². The van der Waals surface area contributed by atoms with E-state index >= 15 is 0 Å². The Bertz CT molecular complexity index is 262. The van der Waals surface area contributed by atoms with Gasteiger partial charge in [0.15, 0.2) is 0 Å². The summed E-state index contributed by atoms with van der Waals surface area (Å²) in [7, 11) is -3.98. The van der Waals surface area contributed by atoms with E-state index in [2.05, 4.69) is 0 Å². The lowest BCUT2D eigenvalue weighted by Gasteiger charge is -2.22. The number of hydrogen-bond donors (Lipinski definition) is 1. The van der Waals surface area contributed by atoms with E-state index < -0.39 is 10.3 Å². The molecule has 0 aliphatic carbocycles. The van der Waals surface area contributed by atoms with Gasteiger partial charge < -0.3 is 4.74 Å². The van der Waals surface area contributed by atoms with E-state index in [1.165, 1.54) is 0 Å². The molecule has 0 aromatic carbocycles. The molecule has 6 heteroatoms. The molecule has 1 N–H and O–H groups in total. The van der Waals surface area contributed by atoms with Gasteiger partial charge in [-0.25, -0.2) is 0 Å². The molecule has 0 radical (unpaired) electrons. The Morgan fingerprint density at radius 1 is 1.55 bits per heavy atom. The summed E-state index contributed by atoms with van der Waals surface area (Å²) in [4.78, 5) is 0. The molecule has 2 aliphatic heterocycles. The molecule has 2 atom stereocenters. The van der Waals surface area contributed by atoms with Crippen LogP contribution in [0.2, 0.25) is 0 Å². The van der Waals surface area contributed by atoms with Crippen molar-refractivity contribution in [2.75, 3.05) is 13.2 Å². The maximum absolute atomic E-state index is 10.6. The average molecular weight is 179 g/mol. The summed E-state index contributed by atoms with van der Waals surface area (Å²) in [6.45, 7) is 0.730. The van der Waals surface area contributed by atoms with Crippen LogP contribution in [0.3, 0.4) is 0 Å². The molecule has 2 heterocycles. The second-order valence-corrected chi connectivity index (χ2v) is 4.26. The Hall–Kier alpha value is -0.170. The molecule has 0 aromatic heterocycles. The summed E-state index contributed by atoms with van der Waals surface area (Å²) < 4.78 is 36.2. The van der Waals surface area contributed by atoms with Gasteiger partial charge in [-0.2, -0.15) is 12.7 Å². The molecule has 5 nitrogen and oxygen atoms in total. The van der Waals surface area contributed by atoms with E-state index in [0.717, 1.165) is 10.7 Å². The Labute approximate surface area is 64.8 Å². The maximum Gasteiger partial charge on any atom is 0.336 e. The summed E-state index contributed by atoms with van der Waals surface area (Å²) in [5, 5.41) is 0. The van der Waals surface area contributed by atoms with Crippen LogP contribution in [0.4, 0.5) is 0 Å². The Morgan fingerprint density at radius 2 is 2.27 bits per heavy atom. The van der Waals surface area contributed by atoms with Crippen LogP contribution in [0, 0.1) is 0 Å².